The zero-order valence-corrected chi connectivity index (χ0v) is 30.5. The van der Waals surface area contributed by atoms with Crippen molar-refractivity contribution in [3.05, 3.63) is 66.2 Å². The van der Waals surface area contributed by atoms with E-state index in [0.717, 1.165) is 61.4 Å². The molecule has 1 heterocycles. The van der Waals surface area contributed by atoms with Crippen LogP contribution in [-0.2, 0) is 4.74 Å². The van der Waals surface area contributed by atoms with Crippen molar-refractivity contribution in [1.82, 2.24) is 15.1 Å². The fraction of sp³-hybridized carbons (Fsp3) is 0.525. The second-order valence-electron chi connectivity index (χ2n) is 14.3. The van der Waals surface area contributed by atoms with Crippen LogP contribution in [-0.4, -0.2) is 90.5 Å². The fourth-order valence-electron chi connectivity index (χ4n) is 6.96. The molecule has 3 aromatic carbocycles. The van der Waals surface area contributed by atoms with Crippen molar-refractivity contribution in [3.63, 3.8) is 0 Å². The number of urea groups is 2. The summed E-state index contributed by atoms with van der Waals surface area (Å²) in [6.07, 6.45) is 7.19. The molecule has 4 N–H and O–H groups in total. The number of benzene rings is 3. The normalized spacial score (nSPS) is 21.5. The minimum absolute atomic E-state index is 0.141. The van der Waals surface area contributed by atoms with Crippen LogP contribution >= 0.6 is 0 Å². The van der Waals surface area contributed by atoms with Gasteiger partial charge in [-0.25, -0.2) is 9.59 Å². The SMILES string of the molecule is C[C@H](CO)N1C[C@H](C)[C@@H](CN(C)C(=O)Nc2cccc3ccccc23)OCCCC[C@H](C)Oc2ccc(NC(=O)NC3CCCCC3)cc2C1=O. The van der Waals surface area contributed by atoms with Crippen molar-refractivity contribution < 1.29 is 29.0 Å². The number of carbonyl (C=O) groups is 3. The fourth-order valence-corrected chi connectivity index (χ4v) is 6.96. The largest absolute Gasteiger partial charge is 0.490 e. The van der Waals surface area contributed by atoms with Gasteiger partial charge in [-0.15, -0.1) is 0 Å². The highest BCUT2D eigenvalue weighted by atomic mass is 16.5. The summed E-state index contributed by atoms with van der Waals surface area (Å²) in [5.74, 6) is -0.0902. The zero-order valence-electron chi connectivity index (χ0n) is 30.5. The van der Waals surface area contributed by atoms with E-state index in [1.54, 1.807) is 42.0 Å². The van der Waals surface area contributed by atoms with E-state index < -0.39 is 6.04 Å². The molecule has 276 valence electrons. The minimum Gasteiger partial charge on any atom is -0.490 e. The molecule has 4 atom stereocenters. The number of carbonyl (C=O) groups excluding carboxylic acids is 3. The Balaban J connectivity index is 1.35. The maximum atomic E-state index is 14.5. The first kappa shape index (κ1) is 37.9. The number of nitrogens with one attached hydrogen (secondary N) is 3. The topological polar surface area (TPSA) is 132 Å². The summed E-state index contributed by atoms with van der Waals surface area (Å²) in [4.78, 5) is 44.1. The molecule has 0 saturated heterocycles. The minimum atomic E-state index is -0.516. The van der Waals surface area contributed by atoms with Crippen LogP contribution in [0.15, 0.2) is 60.7 Å². The number of anilines is 2. The Morgan fingerprint density at radius 2 is 1.71 bits per heavy atom. The predicted octanol–water partition coefficient (Wildman–Crippen LogP) is 7.25. The van der Waals surface area contributed by atoms with Crippen LogP contribution in [0.1, 0.15) is 82.5 Å². The lowest BCUT2D eigenvalue weighted by molar-refractivity contribution is -0.0115. The summed E-state index contributed by atoms with van der Waals surface area (Å²) in [6, 6.07) is 18.0. The third-order valence-electron chi connectivity index (χ3n) is 10.1. The molecule has 2 aliphatic rings. The van der Waals surface area contributed by atoms with Crippen molar-refractivity contribution in [3.8, 4) is 5.75 Å². The monoisotopic (exact) mass is 701 g/mol. The molecule has 5 amide bonds. The van der Waals surface area contributed by atoms with Gasteiger partial charge in [0.1, 0.15) is 5.75 Å². The van der Waals surface area contributed by atoms with E-state index in [2.05, 4.69) is 16.0 Å². The van der Waals surface area contributed by atoms with Gasteiger partial charge in [-0.2, -0.15) is 0 Å². The van der Waals surface area contributed by atoms with Gasteiger partial charge < -0.3 is 40.3 Å². The number of hydrogen-bond donors (Lipinski definition) is 4. The summed E-state index contributed by atoms with van der Waals surface area (Å²) < 4.78 is 12.8. The molecular weight excluding hydrogens is 646 g/mol. The summed E-state index contributed by atoms with van der Waals surface area (Å²) in [6.45, 7) is 6.60. The highest BCUT2D eigenvalue weighted by molar-refractivity contribution is 6.01. The number of ether oxygens (including phenoxy) is 2. The highest BCUT2D eigenvalue weighted by Gasteiger charge is 2.31. The first-order chi connectivity index (χ1) is 24.6. The van der Waals surface area contributed by atoms with Gasteiger partial charge >= 0.3 is 12.1 Å². The molecule has 11 nitrogen and oxygen atoms in total. The van der Waals surface area contributed by atoms with E-state index in [4.69, 9.17) is 9.47 Å². The molecule has 5 rings (SSSR count). The second kappa shape index (κ2) is 18.2. The molecular formula is C40H55N5O6. The third-order valence-corrected chi connectivity index (χ3v) is 10.1. The number of nitrogens with zero attached hydrogens (tertiary/aromatic N) is 2. The summed E-state index contributed by atoms with van der Waals surface area (Å²) >= 11 is 0. The zero-order chi connectivity index (χ0) is 36.3. The third kappa shape index (κ3) is 10.4. The quantitative estimate of drug-likeness (QED) is 0.205. The predicted molar refractivity (Wildman–Crippen MR) is 201 cm³/mol. The van der Waals surface area contributed by atoms with Gasteiger partial charge in [-0.05, 0) is 75.6 Å². The number of likely N-dealkylation sites (N-methyl/N-ethyl adjacent to an activating group) is 1. The summed E-state index contributed by atoms with van der Waals surface area (Å²) in [5.41, 5.74) is 1.53. The van der Waals surface area contributed by atoms with E-state index in [-0.39, 0.29) is 55.3 Å². The van der Waals surface area contributed by atoms with Crippen LogP contribution in [0.2, 0.25) is 0 Å². The van der Waals surface area contributed by atoms with Gasteiger partial charge in [-0.1, -0.05) is 62.6 Å². The van der Waals surface area contributed by atoms with Gasteiger partial charge in [0.05, 0.1) is 36.1 Å². The lowest BCUT2D eigenvalue weighted by Crippen LogP contribution is -2.48. The first-order valence-corrected chi connectivity index (χ1v) is 18.5. The molecule has 11 heteroatoms. The van der Waals surface area contributed by atoms with E-state index >= 15 is 0 Å². The number of fused-ring (bicyclic) bond motifs is 2. The van der Waals surface area contributed by atoms with Crippen molar-refractivity contribution in [2.24, 2.45) is 5.92 Å². The highest BCUT2D eigenvalue weighted by Crippen LogP contribution is 2.29. The number of rotatable bonds is 7. The molecule has 0 unspecified atom stereocenters. The lowest BCUT2D eigenvalue weighted by Gasteiger charge is -2.36. The lowest BCUT2D eigenvalue weighted by atomic mass is 9.96. The molecule has 0 aromatic heterocycles. The Morgan fingerprint density at radius 1 is 0.961 bits per heavy atom. The molecule has 1 aliphatic heterocycles. The van der Waals surface area contributed by atoms with Crippen molar-refractivity contribution in [2.45, 2.75) is 96.4 Å². The maximum absolute atomic E-state index is 14.5. The number of amides is 5. The Hall–Kier alpha value is -4.35. The van der Waals surface area contributed by atoms with Crippen LogP contribution < -0.4 is 20.7 Å². The van der Waals surface area contributed by atoms with Gasteiger partial charge in [0, 0.05) is 49.8 Å². The van der Waals surface area contributed by atoms with Crippen LogP contribution in [0.25, 0.3) is 10.8 Å². The Morgan fingerprint density at radius 3 is 2.49 bits per heavy atom. The van der Waals surface area contributed by atoms with Gasteiger partial charge in [-0.3, -0.25) is 4.79 Å². The van der Waals surface area contributed by atoms with E-state index in [0.29, 0.717) is 30.2 Å². The maximum Gasteiger partial charge on any atom is 0.321 e. The molecule has 0 spiro atoms. The average Bonchev–Trinajstić information content (AvgIpc) is 3.13. The number of hydrogen-bond acceptors (Lipinski definition) is 6. The molecule has 0 bridgehead atoms. The van der Waals surface area contributed by atoms with E-state index in [9.17, 15) is 19.5 Å². The molecule has 3 aromatic rings. The molecule has 0 radical (unpaired) electrons. The first-order valence-electron chi connectivity index (χ1n) is 18.5. The molecule has 1 aliphatic carbocycles. The smallest absolute Gasteiger partial charge is 0.321 e. The summed E-state index contributed by atoms with van der Waals surface area (Å²) in [5, 5.41) is 21.3. The van der Waals surface area contributed by atoms with Gasteiger partial charge in [0.25, 0.3) is 5.91 Å². The van der Waals surface area contributed by atoms with Crippen LogP contribution in [0.5, 0.6) is 5.75 Å². The number of aliphatic hydroxyl groups excluding tert-OH is 1. The second-order valence-corrected chi connectivity index (χ2v) is 14.3. The van der Waals surface area contributed by atoms with Crippen molar-refractivity contribution >= 4 is 40.1 Å². The van der Waals surface area contributed by atoms with E-state index in [1.807, 2.05) is 56.3 Å². The van der Waals surface area contributed by atoms with Gasteiger partial charge in [0.2, 0.25) is 0 Å². The Labute approximate surface area is 302 Å². The molecule has 1 saturated carbocycles. The standard InChI is InChI=1S/C40H55N5O6/c1-27-24-45(28(2)26-46)38(47)34-23-32(42-39(48)41-31-16-6-5-7-17-31)20-21-36(34)51-29(3)13-10-11-22-50-37(27)25-44(4)40(49)43-35-19-12-15-30-14-8-9-18-33(30)35/h8-9,12,14-15,18-21,23,27-29,31,37,46H,5-7,10-11,13,16-17,22,24-26H2,1-4H3,(H,43,49)(H2,41,42,48)/t27-,28+,29-,37+/m0/s1. The van der Waals surface area contributed by atoms with Crippen LogP contribution in [0, 0.1) is 5.92 Å². The van der Waals surface area contributed by atoms with Crippen LogP contribution in [0.3, 0.4) is 0 Å². The van der Waals surface area contributed by atoms with Crippen LogP contribution in [0.4, 0.5) is 21.0 Å². The van der Waals surface area contributed by atoms with Gasteiger partial charge in [0.15, 0.2) is 0 Å². The van der Waals surface area contributed by atoms with Crippen molar-refractivity contribution in [1.29, 1.82) is 0 Å². The Bertz CT molecular complexity index is 1620. The van der Waals surface area contributed by atoms with E-state index in [1.165, 1.54) is 6.42 Å². The summed E-state index contributed by atoms with van der Waals surface area (Å²) in [7, 11) is 1.75. The number of aliphatic hydroxyl groups is 1. The van der Waals surface area contributed by atoms with Crippen molar-refractivity contribution in [2.75, 3.05) is 44.0 Å². The average molecular weight is 702 g/mol. The molecule has 51 heavy (non-hydrogen) atoms. The molecule has 1 fully saturated rings. The Kier molecular flexibility index (Phi) is 13.5.